The zero-order valence-corrected chi connectivity index (χ0v) is 4.28. The van der Waals surface area contributed by atoms with Crippen molar-refractivity contribution >= 4 is 0 Å². The van der Waals surface area contributed by atoms with E-state index in [1.165, 1.54) is 0 Å². The van der Waals surface area contributed by atoms with Crippen molar-refractivity contribution in [1.29, 1.82) is 0 Å². The van der Waals surface area contributed by atoms with Crippen molar-refractivity contribution in [3.63, 3.8) is 0 Å². The van der Waals surface area contributed by atoms with Crippen LogP contribution in [0, 0.1) is 0 Å². The monoisotopic (exact) mass is 122 g/mol. The van der Waals surface area contributed by atoms with Gasteiger partial charge in [-0.05, 0) is 0 Å². The summed E-state index contributed by atoms with van der Waals surface area (Å²) in [7, 11) is 0. The van der Waals surface area contributed by atoms with E-state index in [2.05, 4.69) is 9.47 Å². The van der Waals surface area contributed by atoms with Crippen LogP contribution in [0.15, 0.2) is 0 Å². The number of aliphatic hydroxyl groups is 2. The first-order valence-electron chi connectivity index (χ1n) is 2.38. The molecule has 0 aromatic rings. The van der Waals surface area contributed by atoms with Gasteiger partial charge < -0.3 is 19.7 Å². The van der Waals surface area contributed by atoms with Gasteiger partial charge in [0.15, 0.2) is 12.6 Å². The molecule has 1 aliphatic heterocycles. The van der Waals surface area contributed by atoms with Gasteiger partial charge in [-0.3, -0.25) is 0 Å². The molecule has 1 saturated heterocycles. The number of ether oxygens (including phenoxy) is 2. The van der Waals surface area contributed by atoms with Crippen molar-refractivity contribution in [3.05, 3.63) is 0 Å². The van der Waals surface area contributed by atoms with Crippen LogP contribution >= 0.6 is 0 Å². The maximum atomic E-state index is 8.57. The Hall–Kier alpha value is -0.160. The summed E-state index contributed by atoms with van der Waals surface area (Å²) >= 11 is 0. The third kappa shape index (κ3) is 1.41. The molecule has 0 aliphatic carbocycles. The molecule has 1 rings (SSSR count). The topological polar surface area (TPSA) is 58.9 Å². The molecule has 4 nitrogen and oxygen atoms in total. The lowest BCUT2D eigenvalue weighted by molar-refractivity contribution is -0.263. The van der Waals surface area contributed by atoms with Crippen LogP contribution in [0.4, 0.5) is 0 Å². The molecule has 48 valence electrons. The average Bonchev–Trinajstić information content (AvgIpc) is 1.77. The molecule has 1 aliphatic rings. The van der Waals surface area contributed by atoms with Crippen LogP contribution in [-0.2, 0) is 9.47 Å². The summed E-state index contributed by atoms with van der Waals surface area (Å²) in [6.45, 7) is 0.113. The Morgan fingerprint density at radius 3 is 1.62 bits per heavy atom. The smallest absolute Gasteiger partial charge is 0.178 e. The molecule has 0 radical (unpaired) electrons. The number of hydrogen-bond donors (Lipinski definition) is 2. The van der Waals surface area contributed by atoms with Crippen molar-refractivity contribution in [3.8, 4) is 0 Å². The molecular formula is C4H8O4. The molecule has 0 aromatic heterocycles. The molecule has 0 saturated carbocycles. The first-order valence-corrected chi connectivity index (χ1v) is 2.38. The molecule has 8 heavy (non-hydrogen) atoms. The fourth-order valence-electron chi connectivity index (χ4n) is 0.483. The van der Waals surface area contributed by atoms with E-state index in [-0.39, 0.29) is 13.2 Å². The van der Waals surface area contributed by atoms with E-state index >= 15 is 0 Å². The molecule has 0 amide bonds. The zero-order valence-electron chi connectivity index (χ0n) is 4.28. The molecule has 2 unspecified atom stereocenters. The van der Waals surface area contributed by atoms with E-state index in [0.717, 1.165) is 0 Å². The van der Waals surface area contributed by atoms with Crippen molar-refractivity contribution < 1.29 is 19.7 Å². The fraction of sp³-hybridized carbons (Fsp3) is 1.00. The van der Waals surface area contributed by atoms with Gasteiger partial charge in [0, 0.05) is 0 Å². The van der Waals surface area contributed by atoms with Gasteiger partial charge in [0.2, 0.25) is 0 Å². The second-order valence-electron chi connectivity index (χ2n) is 1.58. The lowest BCUT2D eigenvalue weighted by Gasteiger charge is -2.22. The van der Waals surface area contributed by atoms with Crippen molar-refractivity contribution in [2.24, 2.45) is 0 Å². The van der Waals surface area contributed by atoms with E-state index in [0.29, 0.717) is 0 Å². The first-order chi connectivity index (χ1) is 3.79. The van der Waals surface area contributed by atoms with Crippen LogP contribution in [0.3, 0.4) is 0 Å². The summed E-state index contributed by atoms with van der Waals surface area (Å²) < 4.78 is 9.14. The Morgan fingerprint density at radius 2 is 1.38 bits per heavy atom. The van der Waals surface area contributed by atoms with Crippen molar-refractivity contribution in [1.82, 2.24) is 0 Å². The largest absolute Gasteiger partial charge is 0.366 e. The van der Waals surface area contributed by atoms with Crippen molar-refractivity contribution in [2.45, 2.75) is 12.6 Å². The Bertz CT molecular complexity index is 56.4. The molecule has 0 aromatic carbocycles. The average molecular weight is 122 g/mol. The van der Waals surface area contributed by atoms with Crippen LogP contribution in [0.2, 0.25) is 0 Å². The SMILES string of the molecule is OC1[13CH2]OC(O)[13CH2]O1. The van der Waals surface area contributed by atoms with Crippen LogP contribution < -0.4 is 0 Å². The highest BCUT2D eigenvalue weighted by Gasteiger charge is 2.16. The molecule has 2 N–H and O–H groups in total. The highest BCUT2D eigenvalue weighted by Crippen LogP contribution is 2.00. The van der Waals surface area contributed by atoms with Crippen LogP contribution in [0.5, 0.6) is 0 Å². The molecule has 4 heteroatoms. The molecule has 2 atom stereocenters. The second-order valence-corrected chi connectivity index (χ2v) is 1.58. The van der Waals surface area contributed by atoms with E-state index < -0.39 is 12.6 Å². The van der Waals surface area contributed by atoms with E-state index in [1.807, 2.05) is 0 Å². The molecule has 1 heterocycles. The Kier molecular flexibility index (Phi) is 1.80. The number of rotatable bonds is 0. The van der Waals surface area contributed by atoms with Gasteiger partial charge in [-0.2, -0.15) is 0 Å². The Balaban J connectivity index is 2.19. The number of aliphatic hydroxyl groups excluding tert-OH is 2. The Labute approximate surface area is 46.6 Å². The minimum Gasteiger partial charge on any atom is -0.366 e. The highest BCUT2D eigenvalue weighted by atomic mass is 16.8. The van der Waals surface area contributed by atoms with Gasteiger partial charge in [0.1, 0.15) is 13.2 Å². The summed E-state index contributed by atoms with van der Waals surface area (Å²) in [5.74, 6) is 0. The predicted molar refractivity (Wildman–Crippen MR) is 23.9 cm³/mol. The third-order valence-electron chi connectivity index (χ3n) is 0.862. The van der Waals surface area contributed by atoms with Crippen LogP contribution in [0.25, 0.3) is 0 Å². The first kappa shape index (κ1) is 5.97. The minimum absolute atomic E-state index is 0.0567. The number of hydrogen-bond acceptors (Lipinski definition) is 4. The fourth-order valence-corrected chi connectivity index (χ4v) is 0.483. The van der Waals surface area contributed by atoms with Crippen LogP contribution in [-0.4, -0.2) is 36.0 Å². The summed E-state index contributed by atoms with van der Waals surface area (Å²) in [6.07, 6.45) is -1.73. The maximum Gasteiger partial charge on any atom is 0.178 e. The van der Waals surface area contributed by atoms with E-state index in [9.17, 15) is 0 Å². The highest BCUT2D eigenvalue weighted by molar-refractivity contribution is 4.48. The van der Waals surface area contributed by atoms with Crippen LogP contribution in [0.1, 0.15) is 0 Å². The third-order valence-corrected chi connectivity index (χ3v) is 0.862. The van der Waals surface area contributed by atoms with Gasteiger partial charge in [-0.25, -0.2) is 0 Å². The summed E-state index contributed by atoms with van der Waals surface area (Å²) in [4.78, 5) is 0. The van der Waals surface area contributed by atoms with E-state index in [1.54, 1.807) is 0 Å². The minimum atomic E-state index is -0.863. The van der Waals surface area contributed by atoms with Gasteiger partial charge in [-0.15, -0.1) is 0 Å². The zero-order chi connectivity index (χ0) is 5.98. The summed E-state index contributed by atoms with van der Waals surface area (Å²) in [5, 5.41) is 17.1. The molecule has 0 spiro atoms. The molecule has 1 fully saturated rings. The Morgan fingerprint density at radius 1 is 1.00 bits per heavy atom. The normalized spacial score (nSPS) is 39.8. The summed E-state index contributed by atoms with van der Waals surface area (Å²) in [6, 6.07) is 0. The van der Waals surface area contributed by atoms with Crippen molar-refractivity contribution in [2.75, 3.05) is 13.2 Å². The predicted octanol–water partition coefficient (Wildman–Crippen LogP) is -1.33. The van der Waals surface area contributed by atoms with Gasteiger partial charge in [0.25, 0.3) is 0 Å². The van der Waals surface area contributed by atoms with E-state index in [4.69, 9.17) is 10.2 Å². The van der Waals surface area contributed by atoms with Gasteiger partial charge >= 0.3 is 0 Å². The lowest BCUT2D eigenvalue weighted by atomic mass is 10.9. The summed E-state index contributed by atoms with van der Waals surface area (Å²) in [5.41, 5.74) is 0. The standard InChI is InChI=1S/C4H8O4/c5-3-1-7-4(6)2-8-3/h3-6H,1-2H2/i1+1,2+1. The quantitative estimate of drug-likeness (QED) is 0.391. The maximum absolute atomic E-state index is 8.57. The molecule has 0 bridgehead atoms. The van der Waals surface area contributed by atoms with Gasteiger partial charge in [-0.1, -0.05) is 0 Å². The van der Waals surface area contributed by atoms with Gasteiger partial charge in [0.05, 0.1) is 0 Å². The molecular weight excluding hydrogens is 114 g/mol. The second kappa shape index (κ2) is 2.41. The lowest BCUT2D eigenvalue weighted by Crippen LogP contribution is -2.34.